The lowest BCUT2D eigenvalue weighted by molar-refractivity contribution is 0.360. The fourth-order valence-corrected chi connectivity index (χ4v) is 5.66. The Morgan fingerprint density at radius 2 is 1.86 bits per heavy atom. The Kier molecular flexibility index (Phi) is 6.17. The molecule has 1 fully saturated rings. The normalized spacial score (nSPS) is 15.9. The van der Waals surface area contributed by atoms with Gasteiger partial charge in [-0.1, -0.05) is 17.3 Å². The first kappa shape index (κ1) is 23.3. The molecule has 0 spiro atoms. The summed E-state index contributed by atoms with van der Waals surface area (Å²) >= 11 is 0. The number of nitrogens with zero attached hydrogens (tertiary/aromatic N) is 5. The van der Waals surface area contributed by atoms with Crippen molar-refractivity contribution in [2.45, 2.75) is 24.8 Å². The van der Waals surface area contributed by atoms with Crippen molar-refractivity contribution < 1.29 is 17.3 Å². The van der Waals surface area contributed by atoms with Gasteiger partial charge in [-0.3, -0.25) is 0 Å². The van der Waals surface area contributed by atoms with Gasteiger partial charge in [0.15, 0.2) is 5.82 Å². The van der Waals surface area contributed by atoms with Gasteiger partial charge in [0.25, 0.3) is 0 Å². The summed E-state index contributed by atoms with van der Waals surface area (Å²) in [7, 11) is -3.86. The van der Waals surface area contributed by atoms with Gasteiger partial charge in [-0.2, -0.15) is 9.29 Å². The zero-order chi connectivity index (χ0) is 24.6. The lowest BCUT2D eigenvalue weighted by Gasteiger charge is -2.27. The molecule has 2 aromatic carbocycles. The maximum absolute atomic E-state index is 13.7. The number of anilines is 1. The summed E-state index contributed by atoms with van der Waals surface area (Å²) in [6.07, 6.45) is 1.33. The second-order valence-corrected chi connectivity index (χ2v) is 10.2. The predicted molar refractivity (Wildman–Crippen MR) is 128 cm³/mol. The van der Waals surface area contributed by atoms with E-state index in [-0.39, 0.29) is 16.8 Å². The van der Waals surface area contributed by atoms with Crippen LogP contribution in [0.2, 0.25) is 0 Å². The van der Waals surface area contributed by atoms with E-state index in [0.29, 0.717) is 65.7 Å². The summed E-state index contributed by atoms with van der Waals surface area (Å²) in [6, 6.07) is 8.93. The first-order valence-corrected chi connectivity index (χ1v) is 12.6. The largest absolute Gasteiger partial charge is 0.360 e. The number of aromatic nitrogens is 4. The second-order valence-electron chi connectivity index (χ2n) is 8.29. The molecule has 0 radical (unpaired) electrons. The molecule has 1 unspecified atom stereocenters. The first-order valence-electron chi connectivity index (χ1n) is 11.2. The fraction of sp³-hybridized carbons (Fsp3) is 0.304. The summed E-state index contributed by atoms with van der Waals surface area (Å²) in [4.78, 5) is 13.1. The summed E-state index contributed by atoms with van der Waals surface area (Å²) in [5.74, 6) is 0.922. The molecule has 0 amide bonds. The molecule has 4 aromatic rings. The minimum Gasteiger partial charge on any atom is -0.360 e. The lowest BCUT2D eigenvalue weighted by atomic mass is 10.0. The summed E-state index contributed by atoms with van der Waals surface area (Å²) in [6.45, 7) is 5.40. The quantitative estimate of drug-likeness (QED) is 0.413. The zero-order valence-corrected chi connectivity index (χ0v) is 20.0. The third-order valence-corrected chi connectivity index (χ3v) is 7.77. The number of hydrogen-bond donors (Lipinski definition) is 2. The van der Waals surface area contributed by atoms with Crippen molar-refractivity contribution in [3.63, 3.8) is 0 Å². The third kappa shape index (κ3) is 4.59. The van der Waals surface area contributed by atoms with Gasteiger partial charge in [0, 0.05) is 38.5 Å². The number of sulfonamides is 1. The molecule has 0 aliphatic carbocycles. The van der Waals surface area contributed by atoms with Crippen LogP contribution >= 0.6 is 0 Å². The van der Waals surface area contributed by atoms with Gasteiger partial charge in [0.1, 0.15) is 22.9 Å². The third-order valence-electron chi connectivity index (χ3n) is 5.86. The Balaban J connectivity index is 1.67. The monoisotopic (exact) mass is 497 g/mol. The molecule has 5 rings (SSSR count). The number of fused-ring (bicyclic) bond motifs is 1. The molecule has 10 nitrogen and oxygen atoms in total. The lowest BCUT2D eigenvalue weighted by Crippen LogP contribution is -2.46. The number of hydrogen-bond acceptors (Lipinski definition) is 9. The Morgan fingerprint density at radius 1 is 1.11 bits per heavy atom. The van der Waals surface area contributed by atoms with Crippen LogP contribution in [0.3, 0.4) is 0 Å². The fourth-order valence-electron chi connectivity index (χ4n) is 4.04. The Morgan fingerprint density at radius 3 is 2.54 bits per heavy atom. The van der Waals surface area contributed by atoms with Crippen molar-refractivity contribution in [1.82, 2.24) is 29.7 Å². The highest BCUT2D eigenvalue weighted by molar-refractivity contribution is 7.89. The van der Waals surface area contributed by atoms with Crippen LogP contribution in [0.5, 0.6) is 0 Å². The highest BCUT2D eigenvalue weighted by Crippen LogP contribution is 2.34. The van der Waals surface area contributed by atoms with Crippen LogP contribution in [0, 0.1) is 12.7 Å². The van der Waals surface area contributed by atoms with Gasteiger partial charge in [-0.05, 0) is 42.3 Å². The standard InChI is InChI=1S/C23H24FN7O3S/c1-14(22-29-15(2)34-30-22)28-23-19-11-17(16-3-5-18(24)6-4-16)12-20(21(19)26-13-27-23)35(32,33)31-9-7-25-8-10-31/h3-6,11-14,25H,7-10H2,1-2H3,(H,26,27,28). The number of rotatable bonds is 6. The number of aryl methyl sites for hydroxylation is 1. The van der Waals surface area contributed by atoms with Crippen LogP contribution in [-0.2, 0) is 10.0 Å². The Bertz CT molecular complexity index is 1470. The van der Waals surface area contributed by atoms with Gasteiger partial charge >= 0.3 is 0 Å². The molecule has 0 saturated carbocycles. The topological polar surface area (TPSA) is 126 Å². The van der Waals surface area contributed by atoms with Crippen molar-refractivity contribution in [2.75, 3.05) is 31.5 Å². The molecule has 1 saturated heterocycles. The molecule has 35 heavy (non-hydrogen) atoms. The van der Waals surface area contributed by atoms with Crippen LogP contribution in [0.1, 0.15) is 24.7 Å². The number of benzene rings is 2. The van der Waals surface area contributed by atoms with Crippen LogP contribution < -0.4 is 10.6 Å². The van der Waals surface area contributed by atoms with E-state index >= 15 is 0 Å². The van der Waals surface area contributed by atoms with Crippen LogP contribution in [0.4, 0.5) is 10.2 Å². The number of piperazine rings is 1. The molecule has 182 valence electrons. The van der Waals surface area contributed by atoms with Crippen molar-refractivity contribution in [3.05, 3.63) is 60.3 Å². The van der Waals surface area contributed by atoms with Gasteiger partial charge < -0.3 is 15.2 Å². The summed E-state index contributed by atoms with van der Waals surface area (Å²) in [5.41, 5.74) is 1.57. The van der Waals surface area contributed by atoms with E-state index in [1.807, 2.05) is 6.92 Å². The maximum Gasteiger partial charge on any atom is 0.245 e. The summed E-state index contributed by atoms with van der Waals surface area (Å²) < 4.78 is 47.5. The Labute approximate surface area is 201 Å². The smallest absolute Gasteiger partial charge is 0.245 e. The van der Waals surface area contributed by atoms with Crippen LogP contribution in [0.15, 0.2) is 52.1 Å². The molecule has 1 aliphatic rings. The van der Waals surface area contributed by atoms with Crippen molar-refractivity contribution in [2.24, 2.45) is 0 Å². The average Bonchev–Trinajstić information content (AvgIpc) is 3.31. The Hall–Kier alpha value is -3.48. The predicted octanol–water partition coefficient (Wildman–Crippen LogP) is 2.89. The van der Waals surface area contributed by atoms with E-state index in [4.69, 9.17) is 4.52 Å². The second kappa shape index (κ2) is 9.29. The van der Waals surface area contributed by atoms with Gasteiger partial charge in [-0.15, -0.1) is 0 Å². The minimum atomic E-state index is -3.86. The number of halogens is 1. The average molecular weight is 498 g/mol. The van der Waals surface area contributed by atoms with Gasteiger partial charge in [0.2, 0.25) is 15.9 Å². The minimum absolute atomic E-state index is 0.0738. The van der Waals surface area contributed by atoms with E-state index in [0.717, 1.165) is 0 Å². The molecule has 1 atom stereocenters. The SMILES string of the molecule is Cc1nc(C(C)Nc2ncnc3c(S(=O)(=O)N4CCNCC4)cc(-c4ccc(F)cc4)cc23)no1. The molecular weight excluding hydrogens is 473 g/mol. The first-order chi connectivity index (χ1) is 16.8. The van der Waals surface area contributed by atoms with E-state index in [1.165, 1.54) is 22.8 Å². The van der Waals surface area contributed by atoms with Gasteiger partial charge in [-0.25, -0.2) is 22.8 Å². The van der Waals surface area contributed by atoms with Gasteiger partial charge in [0.05, 0.1) is 11.6 Å². The molecule has 3 heterocycles. The number of nitrogens with one attached hydrogen (secondary N) is 2. The van der Waals surface area contributed by atoms with E-state index in [2.05, 4.69) is 30.7 Å². The zero-order valence-electron chi connectivity index (χ0n) is 19.2. The van der Waals surface area contributed by atoms with Crippen LogP contribution in [0.25, 0.3) is 22.0 Å². The van der Waals surface area contributed by atoms with Crippen LogP contribution in [-0.4, -0.2) is 59.0 Å². The molecular formula is C23H24FN7O3S. The van der Waals surface area contributed by atoms with Crippen molar-refractivity contribution in [1.29, 1.82) is 0 Å². The van der Waals surface area contributed by atoms with E-state index < -0.39 is 10.0 Å². The summed E-state index contributed by atoms with van der Waals surface area (Å²) in [5, 5.41) is 10.9. The molecule has 2 N–H and O–H groups in total. The highest BCUT2D eigenvalue weighted by atomic mass is 32.2. The molecule has 1 aliphatic heterocycles. The molecule has 2 aromatic heterocycles. The van der Waals surface area contributed by atoms with E-state index in [9.17, 15) is 12.8 Å². The molecule has 12 heteroatoms. The van der Waals surface area contributed by atoms with Crippen molar-refractivity contribution >= 4 is 26.7 Å². The molecule has 0 bridgehead atoms. The highest BCUT2D eigenvalue weighted by Gasteiger charge is 2.29. The van der Waals surface area contributed by atoms with E-state index in [1.54, 1.807) is 31.2 Å². The van der Waals surface area contributed by atoms with Crippen molar-refractivity contribution in [3.8, 4) is 11.1 Å². The maximum atomic E-state index is 13.7.